The van der Waals surface area contributed by atoms with Gasteiger partial charge in [-0.3, -0.25) is 9.69 Å². The molecular formula is C21H20Cl2N2O4. The normalized spacial score (nSPS) is 15.0. The zero-order valence-electron chi connectivity index (χ0n) is 16.0. The number of hydrogen-bond donors (Lipinski definition) is 1. The number of carbonyl (C=O) groups is 2. The summed E-state index contributed by atoms with van der Waals surface area (Å²) >= 11 is 12.1. The number of rotatable bonds is 7. The molecule has 3 rings (SSSR count). The van der Waals surface area contributed by atoms with Crippen molar-refractivity contribution >= 4 is 41.2 Å². The molecule has 29 heavy (non-hydrogen) atoms. The Morgan fingerprint density at radius 3 is 2.59 bits per heavy atom. The minimum atomic E-state index is -0.408. The second kappa shape index (κ2) is 9.20. The Balaban J connectivity index is 1.77. The van der Waals surface area contributed by atoms with Gasteiger partial charge in [0.25, 0.3) is 5.91 Å². The summed E-state index contributed by atoms with van der Waals surface area (Å²) < 4.78 is 11.2. The van der Waals surface area contributed by atoms with E-state index < -0.39 is 6.03 Å². The maximum absolute atomic E-state index is 12.3. The fourth-order valence-electron chi connectivity index (χ4n) is 2.85. The van der Waals surface area contributed by atoms with Gasteiger partial charge in [-0.15, -0.1) is 0 Å². The minimum absolute atomic E-state index is 0.229. The predicted molar refractivity (Wildman–Crippen MR) is 112 cm³/mol. The summed E-state index contributed by atoms with van der Waals surface area (Å²) in [5, 5.41) is 3.67. The topological polar surface area (TPSA) is 67.9 Å². The molecular weight excluding hydrogens is 415 g/mol. The quantitative estimate of drug-likeness (QED) is 0.497. The van der Waals surface area contributed by atoms with Crippen molar-refractivity contribution < 1.29 is 19.1 Å². The van der Waals surface area contributed by atoms with Gasteiger partial charge in [0.1, 0.15) is 12.3 Å². The highest BCUT2D eigenvalue weighted by atomic mass is 35.5. The van der Waals surface area contributed by atoms with Crippen LogP contribution in [0.5, 0.6) is 11.5 Å². The van der Waals surface area contributed by atoms with Crippen molar-refractivity contribution in [3.8, 4) is 11.5 Å². The summed E-state index contributed by atoms with van der Waals surface area (Å²) in [6.45, 7) is 2.53. The monoisotopic (exact) mass is 434 g/mol. The lowest BCUT2D eigenvalue weighted by molar-refractivity contribution is -0.122. The van der Waals surface area contributed by atoms with Crippen molar-refractivity contribution in [2.24, 2.45) is 0 Å². The van der Waals surface area contributed by atoms with Gasteiger partial charge in [-0.25, -0.2) is 4.79 Å². The average molecular weight is 435 g/mol. The zero-order valence-corrected chi connectivity index (χ0v) is 17.5. The number of carbonyl (C=O) groups excluding carboxylic acids is 2. The van der Waals surface area contributed by atoms with Crippen LogP contribution >= 0.6 is 23.2 Å². The first kappa shape index (κ1) is 21.0. The van der Waals surface area contributed by atoms with Crippen molar-refractivity contribution in [3.05, 3.63) is 63.3 Å². The van der Waals surface area contributed by atoms with Crippen LogP contribution in [-0.4, -0.2) is 30.5 Å². The Labute approximate surface area is 179 Å². The lowest BCUT2D eigenvalue weighted by Gasteiger charge is -2.12. The molecule has 0 atom stereocenters. The highest BCUT2D eigenvalue weighted by molar-refractivity contribution is 6.35. The van der Waals surface area contributed by atoms with E-state index in [2.05, 4.69) is 5.32 Å². The summed E-state index contributed by atoms with van der Waals surface area (Å²) in [4.78, 5) is 25.4. The number of halogens is 2. The standard InChI is InChI=1S/C21H20Cl2N2O4/c1-3-8-25-20(26)17(24-21(25)27)9-13-4-7-18(19(10-13)28-2)29-12-14-5-6-15(22)11-16(14)23/h4-7,9-11H,3,8,12H2,1-2H3,(H,24,27)/b17-9+. The zero-order chi connectivity index (χ0) is 21.0. The summed E-state index contributed by atoms with van der Waals surface area (Å²) in [6.07, 6.45) is 2.31. The van der Waals surface area contributed by atoms with Crippen LogP contribution in [0.4, 0.5) is 4.79 Å². The smallest absolute Gasteiger partial charge is 0.329 e. The fourth-order valence-corrected chi connectivity index (χ4v) is 3.32. The number of urea groups is 1. The molecule has 1 aliphatic heterocycles. The van der Waals surface area contributed by atoms with Crippen LogP contribution in [0.3, 0.4) is 0 Å². The second-order valence-corrected chi connectivity index (χ2v) is 7.22. The third-order valence-electron chi connectivity index (χ3n) is 4.31. The van der Waals surface area contributed by atoms with Crippen LogP contribution in [0, 0.1) is 0 Å². The molecule has 0 saturated carbocycles. The number of benzene rings is 2. The molecule has 0 spiro atoms. The first-order valence-electron chi connectivity index (χ1n) is 9.02. The number of imide groups is 1. The SMILES string of the molecule is CCCN1C(=O)N/C(=C/c2ccc(OCc3ccc(Cl)cc3Cl)c(OC)c2)C1=O. The number of methoxy groups -OCH3 is 1. The Hall–Kier alpha value is -2.70. The molecule has 0 unspecified atom stereocenters. The number of amides is 3. The van der Waals surface area contributed by atoms with Crippen molar-refractivity contribution in [3.63, 3.8) is 0 Å². The van der Waals surface area contributed by atoms with Gasteiger partial charge < -0.3 is 14.8 Å². The van der Waals surface area contributed by atoms with E-state index in [0.29, 0.717) is 40.1 Å². The van der Waals surface area contributed by atoms with E-state index in [1.807, 2.05) is 6.92 Å². The summed E-state index contributed by atoms with van der Waals surface area (Å²) in [5.74, 6) is 0.676. The third kappa shape index (κ3) is 4.83. The van der Waals surface area contributed by atoms with Crippen molar-refractivity contribution in [1.82, 2.24) is 10.2 Å². The molecule has 0 bridgehead atoms. The summed E-state index contributed by atoms with van der Waals surface area (Å²) in [7, 11) is 1.53. The molecule has 2 aromatic carbocycles. The summed E-state index contributed by atoms with van der Waals surface area (Å²) in [5.41, 5.74) is 1.72. The molecule has 1 aliphatic rings. The Morgan fingerprint density at radius 1 is 1.10 bits per heavy atom. The van der Waals surface area contributed by atoms with Crippen LogP contribution < -0.4 is 14.8 Å². The maximum Gasteiger partial charge on any atom is 0.329 e. The van der Waals surface area contributed by atoms with Gasteiger partial charge in [-0.2, -0.15) is 0 Å². The van der Waals surface area contributed by atoms with Gasteiger partial charge in [-0.1, -0.05) is 42.3 Å². The van der Waals surface area contributed by atoms with Crippen molar-refractivity contribution in [2.45, 2.75) is 20.0 Å². The lowest BCUT2D eigenvalue weighted by atomic mass is 10.1. The van der Waals surface area contributed by atoms with E-state index >= 15 is 0 Å². The van der Waals surface area contributed by atoms with Crippen LogP contribution in [0.15, 0.2) is 42.1 Å². The van der Waals surface area contributed by atoms with E-state index in [1.54, 1.807) is 42.5 Å². The molecule has 1 N–H and O–H groups in total. The van der Waals surface area contributed by atoms with E-state index in [-0.39, 0.29) is 18.2 Å². The van der Waals surface area contributed by atoms with E-state index in [0.717, 1.165) is 5.56 Å². The van der Waals surface area contributed by atoms with Crippen molar-refractivity contribution in [2.75, 3.05) is 13.7 Å². The first-order chi connectivity index (χ1) is 13.9. The van der Waals surface area contributed by atoms with Gasteiger partial charge in [0.2, 0.25) is 0 Å². The minimum Gasteiger partial charge on any atom is -0.493 e. The number of nitrogens with zero attached hydrogens (tertiary/aromatic N) is 1. The predicted octanol–water partition coefficient (Wildman–Crippen LogP) is 4.88. The van der Waals surface area contributed by atoms with E-state index in [4.69, 9.17) is 32.7 Å². The molecule has 1 heterocycles. The van der Waals surface area contributed by atoms with Crippen LogP contribution in [0.25, 0.3) is 6.08 Å². The molecule has 152 valence electrons. The largest absolute Gasteiger partial charge is 0.493 e. The number of hydrogen-bond acceptors (Lipinski definition) is 4. The van der Waals surface area contributed by atoms with E-state index in [9.17, 15) is 9.59 Å². The highest BCUT2D eigenvalue weighted by Gasteiger charge is 2.32. The van der Waals surface area contributed by atoms with Gasteiger partial charge in [0, 0.05) is 22.2 Å². The van der Waals surface area contributed by atoms with Gasteiger partial charge in [0.05, 0.1) is 7.11 Å². The molecule has 6 nitrogen and oxygen atoms in total. The van der Waals surface area contributed by atoms with Gasteiger partial charge in [0.15, 0.2) is 11.5 Å². The average Bonchev–Trinajstić information content (AvgIpc) is 2.95. The molecule has 8 heteroatoms. The fraction of sp³-hybridized carbons (Fsp3) is 0.238. The van der Waals surface area contributed by atoms with Gasteiger partial charge in [-0.05, 0) is 42.3 Å². The molecule has 1 saturated heterocycles. The van der Waals surface area contributed by atoms with Gasteiger partial charge >= 0.3 is 6.03 Å². The number of nitrogens with one attached hydrogen (secondary N) is 1. The third-order valence-corrected chi connectivity index (χ3v) is 4.89. The number of ether oxygens (including phenoxy) is 2. The first-order valence-corrected chi connectivity index (χ1v) is 9.77. The Kier molecular flexibility index (Phi) is 6.67. The molecule has 0 aliphatic carbocycles. The molecule has 2 aromatic rings. The van der Waals surface area contributed by atoms with Crippen LogP contribution in [0.1, 0.15) is 24.5 Å². The maximum atomic E-state index is 12.3. The van der Waals surface area contributed by atoms with Crippen molar-refractivity contribution in [1.29, 1.82) is 0 Å². The Morgan fingerprint density at radius 2 is 1.90 bits per heavy atom. The molecule has 0 radical (unpaired) electrons. The Bertz CT molecular complexity index is 975. The second-order valence-electron chi connectivity index (χ2n) is 6.38. The van der Waals surface area contributed by atoms with Crippen LogP contribution in [-0.2, 0) is 11.4 Å². The van der Waals surface area contributed by atoms with E-state index in [1.165, 1.54) is 12.0 Å². The molecule has 1 fully saturated rings. The molecule has 3 amide bonds. The molecule has 0 aromatic heterocycles. The highest BCUT2D eigenvalue weighted by Crippen LogP contribution is 2.31. The summed E-state index contributed by atoms with van der Waals surface area (Å²) in [6, 6.07) is 10.0. The van der Waals surface area contributed by atoms with Crippen LogP contribution in [0.2, 0.25) is 10.0 Å². The lowest BCUT2D eigenvalue weighted by Crippen LogP contribution is -2.31.